The van der Waals surface area contributed by atoms with Gasteiger partial charge >= 0.3 is 0 Å². The van der Waals surface area contributed by atoms with Crippen molar-refractivity contribution in [3.63, 3.8) is 0 Å². The molecule has 0 bridgehead atoms. The van der Waals surface area contributed by atoms with Gasteiger partial charge in [-0.2, -0.15) is 0 Å². The van der Waals surface area contributed by atoms with E-state index in [4.69, 9.17) is 34.7 Å². The minimum Gasteiger partial charge on any atom is -0.394 e. The number of amides is 1. The average molecular weight is 207 g/mol. The van der Waals surface area contributed by atoms with Gasteiger partial charge in [-0.1, -0.05) is 11.6 Å². The Morgan fingerprint density at radius 1 is 1.33 bits per heavy atom. The van der Waals surface area contributed by atoms with Gasteiger partial charge in [0, 0.05) is 0 Å². The predicted molar refractivity (Wildman–Crippen MR) is 45.0 cm³/mol. The van der Waals surface area contributed by atoms with Crippen LogP contribution in [0.25, 0.3) is 0 Å². The molecule has 0 aliphatic rings. The van der Waals surface area contributed by atoms with Crippen molar-refractivity contribution in [1.82, 2.24) is 9.97 Å². The van der Waals surface area contributed by atoms with E-state index in [2.05, 4.69) is 9.97 Å². The summed E-state index contributed by atoms with van der Waals surface area (Å²) in [5, 5.41) is -0.244. The number of nitrogens with zero attached hydrogens (tertiary/aromatic N) is 2. The molecule has 0 spiro atoms. The van der Waals surface area contributed by atoms with E-state index in [1.807, 2.05) is 0 Å². The van der Waals surface area contributed by atoms with Gasteiger partial charge in [-0.25, -0.2) is 9.97 Å². The van der Waals surface area contributed by atoms with Crippen LogP contribution in [0.3, 0.4) is 0 Å². The molecule has 0 radical (unpaired) electrons. The number of hydrogen-bond donors (Lipinski definition) is 2. The van der Waals surface area contributed by atoms with Gasteiger partial charge in [0.05, 0.1) is 0 Å². The van der Waals surface area contributed by atoms with Gasteiger partial charge in [0.25, 0.3) is 5.91 Å². The third-order valence-electron chi connectivity index (χ3n) is 1.11. The molecule has 1 aromatic heterocycles. The van der Waals surface area contributed by atoms with Crippen LogP contribution < -0.4 is 11.5 Å². The van der Waals surface area contributed by atoms with Gasteiger partial charge < -0.3 is 11.5 Å². The van der Waals surface area contributed by atoms with E-state index < -0.39 is 5.91 Å². The number of hydrogen-bond acceptors (Lipinski definition) is 4. The molecule has 7 heteroatoms. The number of halogens is 2. The van der Waals surface area contributed by atoms with Crippen LogP contribution in [-0.4, -0.2) is 15.9 Å². The Kier molecular flexibility index (Phi) is 2.35. The molecule has 5 nitrogen and oxygen atoms in total. The van der Waals surface area contributed by atoms with Gasteiger partial charge in [-0.3, -0.25) is 4.79 Å². The highest BCUT2D eigenvalue weighted by Crippen LogP contribution is 2.20. The second-order valence-electron chi connectivity index (χ2n) is 1.91. The van der Waals surface area contributed by atoms with Crippen LogP contribution in [0, 0.1) is 0 Å². The molecular formula is C5H4Cl2N4O. The summed E-state index contributed by atoms with van der Waals surface area (Å²) in [7, 11) is 0. The van der Waals surface area contributed by atoms with E-state index in [1.54, 1.807) is 0 Å². The van der Waals surface area contributed by atoms with Gasteiger partial charge in [0.1, 0.15) is 5.69 Å². The summed E-state index contributed by atoms with van der Waals surface area (Å²) in [6.45, 7) is 0. The minimum atomic E-state index is -0.793. The first-order valence-electron chi connectivity index (χ1n) is 2.80. The van der Waals surface area contributed by atoms with E-state index in [-0.39, 0.29) is 21.8 Å². The summed E-state index contributed by atoms with van der Waals surface area (Å²) in [5.74, 6) is -0.793. The molecule has 0 aliphatic carbocycles. The molecule has 1 heterocycles. The van der Waals surface area contributed by atoms with Crippen molar-refractivity contribution in [2.75, 3.05) is 5.73 Å². The van der Waals surface area contributed by atoms with Crippen LogP contribution in [0.4, 0.5) is 5.69 Å². The highest BCUT2D eigenvalue weighted by Gasteiger charge is 2.13. The van der Waals surface area contributed by atoms with Crippen molar-refractivity contribution < 1.29 is 4.79 Å². The van der Waals surface area contributed by atoms with Gasteiger partial charge in [-0.15, -0.1) is 0 Å². The molecule has 0 aromatic carbocycles. The first-order valence-corrected chi connectivity index (χ1v) is 3.56. The highest BCUT2D eigenvalue weighted by atomic mass is 35.5. The largest absolute Gasteiger partial charge is 0.394 e. The number of anilines is 1. The minimum absolute atomic E-state index is 0.0615. The van der Waals surface area contributed by atoms with Crippen LogP contribution in [0.5, 0.6) is 0 Å². The molecule has 1 amide bonds. The summed E-state index contributed by atoms with van der Waals surface area (Å²) in [6.07, 6.45) is 0. The number of primary amides is 1. The second kappa shape index (κ2) is 3.12. The molecule has 0 atom stereocenters. The topological polar surface area (TPSA) is 94.9 Å². The van der Waals surface area contributed by atoms with E-state index in [1.165, 1.54) is 0 Å². The van der Waals surface area contributed by atoms with Crippen molar-refractivity contribution in [2.45, 2.75) is 0 Å². The Morgan fingerprint density at radius 3 is 2.42 bits per heavy atom. The summed E-state index contributed by atoms with van der Waals surface area (Å²) in [6, 6.07) is 0. The Balaban J connectivity index is 3.37. The Hall–Kier alpha value is -1.07. The summed E-state index contributed by atoms with van der Waals surface area (Å²) in [4.78, 5) is 17.7. The van der Waals surface area contributed by atoms with Crippen LogP contribution in [-0.2, 0) is 0 Å². The number of carbonyl (C=O) groups is 1. The Bertz CT molecular complexity index is 340. The van der Waals surface area contributed by atoms with E-state index in [0.717, 1.165) is 0 Å². The SMILES string of the molecule is NC(=O)c1nc(Cl)nc(Cl)c1N. The molecule has 0 unspecified atom stereocenters. The number of rotatable bonds is 1. The lowest BCUT2D eigenvalue weighted by Gasteiger charge is -2.01. The number of nitrogen functional groups attached to an aromatic ring is 1. The predicted octanol–water partition coefficient (Wildman–Crippen LogP) is 0.465. The third kappa shape index (κ3) is 1.57. The van der Waals surface area contributed by atoms with Crippen molar-refractivity contribution in [1.29, 1.82) is 0 Å². The maximum absolute atomic E-state index is 10.7. The summed E-state index contributed by atoms with van der Waals surface area (Å²) < 4.78 is 0. The van der Waals surface area contributed by atoms with Crippen LogP contribution in [0.1, 0.15) is 10.5 Å². The molecule has 1 rings (SSSR count). The monoisotopic (exact) mass is 206 g/mol. The maximum atomic E-state index is 10.7. The highest BCUT2D eigenvalue weighted by molar-refractivity contribution is 6.34. The fraction of sp³-hybridized carbons (Fsp3) is 0. The van der Waals surface area contributed by atoms with Crippen LogP contribution >= 0.6 is 23.2 Å². The number of nitrogens with two attached hydrogens (primary N) is 2. The lowest BCUT2D eigenvalue weighted by atomic mass is 10.3. The number of carbonyl (C=O) groups excluding carboxylic acids is 1. The molecule has 0 saturated carbocycles. The molecule has 12 heavy (non-hydrogen) atoms. The van der Waals surface area contributed by atoms with Gasteiger partial charge in [0.2, 0.25) is 5.28 Å². The average Bonchev–Trinajstić information content (AvgIpc) is 1.96. The van der Waals surface area contributed by atoms with Gasteiger partial charge in [0.15, 0.2) is 10.8 Å². The fourth-order valence-corrected chi connectivity index (χ4v) is 0.986. The van der Waals surface area contributed by atoms with Crippen molar-refractivity contribution in [3.05, 3.63) is 16.1 Å². The zero-order chi connectivity index (χ0) is 9.30. The maximum Gasteiger partial charge on any atom is 0.269 e. The molecule has 1 aromatic rings. The lowest BCUT2D eigenvalue weighted by molar-refractivity contribution is 0.0996. The van der Waals surface area contributed by atoms with E-state index in [0.29, 0.717) is 0 Å². The third-order valence-corrected chi connectivity index (χ3v) is 1.56. The van der Waals surface area contributed by atoms with E-state index in [9.17, 15) is 4.79 Å². The first-order chi connectivity index (χ1) is 5.52. The van der Waals surface area contributed by atoms with Crippen molar-refractivity contribution >= 4 is 34.8 Å². The Labute approximate surface area is 77.7 Å². The quantitative estimate of drug-likeness (QED) is 0.516. The zero-order valence-electron chi connectivity index (χ0n) is 5.71. The van der Waals surface area contributed by atoms with Crippen LogP contribution in [0.2, 0.25) is 10.4 Å². The first kappa shape index (κ1) is 9.02. The standard InChI is InChI=1S/C5H4Cl2N4O/c6-3-1(8)2(4(9)12)10-5(7)11-3/h8H2,(H2,9,12). The molecular weight excluding hydrogens is 203 g/mol. The number of aromatic nitrogens is 2. The van der Waals surface area contributed by atoms with Gasteiger partial charge in [-0.05, 0) is 11.6 Å². The normalized spacial score (nSPS) is 9.83. The zero-order valence-corrected chi connectivity index (χ0v) is 7.23. The van der Waals surface area contributed by atoms with Crippen molar-refractivity contribution in [3.8, 4) is 0 Å². The summed E-state index contributed by atoms with van der Waals surface area (Å²) in [5.41, 5.74) is 10.0. The van der Waals surface area contributed by atoms with Crippen molar-refractivity contribution in [2.24, 2.45) is 5.73 Å². The Morgan fingerprint density at radius 2 is 1.92 bits per heavy atom. The smallest absolute Gasteiger partial charge is 0.269 e. The molecule has 0 fully saturated rings. The van der Waals surface area contributed by atoms with Crippen LogP contribution in [0.15, 0.2) is 0 Å². The molecule has 64 valence electrons. The van der Waals surface area contributed by atoms with E-state index >= 15 is 0 Å². The second-order valence-corrected chi connectivity index (χ2v) is 2.61. The molecule has 0 aliphatic heterocycles. The molecule has 0 saturated heterocycles. The fourth-order valence-electron chi connectivity index (χ4n) is 0.604. The summed E-state index contributed by atoms with van der Waals surface area (Å²) >= 11 is 10.9. The molecule has 4 N–H and O–H groups in total. The lowest BCUT2D eigenvalue weighted by Crippen LogP contribution is -2.16.